The number of benzene rings is 2. The Bertz CT molecular complexity index is 828. The van der Waals surface area contributed by atoms with E-state index in [4.69, 9.17) is 0 Å². The quantitative estimate of drug-likeness (QED) is 0.207. The fraction of sp³-hybridized carbons (Fsp3) is 0.120. The second kappa shape index (κ2) is 12.1. The van der Waals surface area contributed by atoms with Crippen LogP contribution in [-0.2, 0) is 17.1 Å². The van der Waals surface area contributed by atoms with E-state index in [9.17, 15) is 0 Å². The molecule has 3 heteroatoms. The van der Waals surface area contributed by atoms with Crippen molar-refractivity contribution < 1.29 is 17.1 Å². The summed E-state index contributed by atoms with van der Waals surface area (Å²) in [5, 5.41) is 4.87. The molecule has 0 N–H and O–H groups in total. The van der Waals surface area contributed by atoms with Gasteiger partial charge in [-0.1, -0.05) is 67.6 Å². The molecule has 0 spiro atoms. The largest absolute Gasteiger partial charge is 0.748 e. The molecular formula is C25H25FePS-6. The summed E-state index contributed by atoms with van der Waals surface area (Å²) in [7, 11) is -0.481. The standard InChI is InChI=1S/C20H20PS.C5H5.Fe/c1-16(22-2)19-14-9-15-20(19)21(17-10-5-3-6-11-17)18-12-7-4-8-13-18;1-2-4-5-3-1;/h3-16H,1-2H3;1-5H;/q-1;-5;. The average Bonchev–Trinajstić information content (AvgIpc) is 3.45. The summed E-state index contributed by atoms with van der Waals surface area (Å²) in [5.74, 6) is 0. The van der Waals surface area contributed by atoms with E-state index in [2.05, 4.69) is 92.0 Å². The Kier molecular flexibility index (Phi) is 9.82. The first-order valence-electron chi connectivity index (χ1n) is 9.16. The minimum Gasteiger partial charge on any atom is -0.748 e. The summed E-state index contributed by atoms with van der Waals surface area (Å²) >= 11 is 1.91. The molecule has 4 aromatic rings. The fourth-order valence-corrected chi connectivity index (χ4v) is 6.10. The minimum atomic E-state index is -0.481. The van der Waals surface area contributed by atoms with Gasteiger partial charge in [-0.05, 0) is 30.0 Å². The monoisotopic (exact) mass is 444 g/mol. The van der Waals surface area contributed by atoms with Crippen LogP contribution in [0.4, 0.5) is 0 Å². The molecule has 4 aromatic carbocycles. The zero-order chi connectivity index (χ0) is 18.9. The Labute approximate surface area is 185 Å². The molecule has 1 unspecified atom stereocenters. The van der Waals surface area contributed by atoms with Crippen molar-refractivity contribution in [2.45, 2.75) is 12.2 Å². The number of rotatable bonds is 5. The third-order valence-electron chi connectivity index (χ3n) is 4.44. The minimum absolute atomic E-state index is 0. The summed E-state index contributed by atoms with van der Waals surface area (Å²) < 4.78 is 0. The maximum absolute atomic E-state index is 2.31. The zero-order valence-corrected chi connectivity index (χ0v) is 19.0. The van der Waals surface area contributed by atoms with E-state index in [1.54, 1.807) is 0 Å². The second-order valence-electron chi connectivity index (χ2n) is 6.21. The van der Waals surface area contributed by atoms with Gasteiger partial charge in [0.05, 0.1) is 0 Å². The van der Waals surface area contributed by atoms with Crippen LogP contribution in [0, 0.1) is 0 Å². The van der Waals surface area contributed by atoms with Gasteiger partial charge in [0.2, 0.25) is 0 Å². The van der Waals surface area contributed by atoms with Gasteiger partial charge in [0.15, 0.2) is 0 Å². The van der Waals surface area contributed by atoms with Crippen LogP contribution in [0.25, 0.3) is 0 Å². The van der Waals surface area contributed by atoms with Gasteiger partial charge in [0.25, 0.3) is 0 Å². The molecule has 0 bridgehead atoms. The van der Waals surface area contributed by atoms with Crippen molar-refractivity contribution in [2.75, 3.05) is 6.26 Å². The molecule has 0 fully saturated rings. The van der Waals surface area contributed by atoms with Crippen molar-refractivity contribution in [1.82, 2.24) is 0 Å². The predicted molar refractivity (Wildman–Crippen MR) is 125 cm³/mol. The summed E-state index contributed by atoms with van der Waals surface area (Å²) in [6.45, 7) is 2.30. The SMILES string of the molecule is CSC(C)[c-]1cccc1P(c1ccccc1)c1ccccc1.[Fe].[cH-]1[cH-][cH-][cH-][cH-]1. The van der Waals surface area contributed by atoms with Crippen LogP contribution in [0.15, 0.2) is 109 Å². The van der Waals surface area contributed by atoms with E-state index < -0.39 is 7.92 Å². The van der Waals surface area contributed by atoms with Gasteiger partial charge < -0.3 is 30.3 Å². The van der Waals surface area contributed by atoms with Crippen LogP contribution in [0.5, 0.6) is 0 Å². The molecule has 0 heterocycles. The molecule has 0 amide bonds. The van der Waals surface area contributed by atoms with Crippen LogP contribution in [0.3, 0.4) is 0 Å². The first-order valence-corrected chi connectivity index (χ1v) is 11.8. The van der Waals surface area contributed by atoms with Crippen LogP contribution in [0.2, 0.25) is 0 Å². The van der Waals surface area contributed by atoms with Crippen molar-refractivity contribution in [2.24, 2.45) is 0 Å². The average molecular weight is 444 g/mol. The molecule has 0 saturated carbocycles. The van der Waals surface area contributed by atoms with Gasteiger partial charge in [0.1, 0.15) is 0 Å². The van der Waals surface area contributed by atoms with Crippen molar-refractivity contribution in [1.29, 1.82) is 0 Å². The Balaban J connectivity index is 0.000000408. The first-order chi connectivity index (χ1) is 13.3. The van der Waals surface area contributed by atoms with Gasteiger partial charge in [-0.15, -0.1) is 10.9 Å². The van der Waals surface area contributed by atoms with Crippen molar-refractivity contribution in [3.05, 3.63) is 115 Å². The molecule has 0 aliphatic heterocycles. The van der Waals surface area contributed by atoms with Gasteiger partial charge in [0, 0.05) is 17.1 Å². The summed E-state index contributed by atoms with van der Waals surface area (Å²) in [6, 6.07) is 38.6. The molecule has 1 atom stereocenters. The second-order valence-corrected chi connectivity index (χ2v) is 9.58. The zero-order valence-electron chi connectivity index (χ0n) is 16.2. The van der Waals surface area contributed by atoms with E-state index >= 15 is 0 Å². The molecule has 28 heavy (non-hydrogen) atoms. The van der Waals surface area contributed by atoms with Crippen molar-refractivity contribution in [3.63, 3.8) is 0 Å². The van der Waals surface area contributed by atoms with E-state index in [1.165, 1.54) is 21.5 Å². The third-order valence-corrected chi connectivity index (χ3v) is 7.92. The molecule has 0 radical (unpaired) electrons. The van der Waals surface area contributed by atoms with E-state index in [0.29, 0.717) is 5.25 Å². The summed E-state index contributed by atoms with van der Waals surface area (Å²) in [5.41, 5.74) is 1.48. The molecule has 0 aliphatic carbocycles. The van der Waals surface area contributed by atoms with Crippen molar-refractivity contribution >= 4 is 35.6 Å². The molecule has 0 saturated heterocycles. The Morgan fingerprint density at radius 2 is 1.21 bits per heavy atom. The third kappa shape index (κ3) is 5.97. The molecule has 0 aliphatic rings. The molecule has 0 aromatic heterocycles. The van der Waals surface area contributed by atoms with Gasteiger partial charge in [-0.2, -0.15) is 17.8 Å². The van der Waals surface area contributed by atoms with E-state index in [1.807, 2.05) is 42.1 Å². The molecular weight excluding hydrogens is 419 g/mol. The first kappa shape index (κ1) is 22.7. The number of thioether (sulfide) groups is 1. The van der Waals surface area contributed by atoms with Crippen LogP contribution in [-0.4, -0.2) is 6.26 Å². The molecule has 150 valence electrons. The van der Waals surface area contributed by atoms with E-state index in [0.717, 1.165) is 0 Å². The summed E-state index contributed by atoms with van der Waals surface area (Å²) in [4.78, 5) is 0. The van der Waals surface area contributed by atoms with Gasteiger partial charge in [-0.25, -0.2) is 12.1 Å². The fourth-order valence-electron chi connectivity index (χ4n) is 3.00. The number of hydrogen-bond donors (Lipinski definition) is 0. The van der Waals surface area contributed by atoms with Crippen LogP contribution >= 0.6 is 19.7 Å². The Hall–Kier alpha value is -1.56. The normalized spacial score (nSPS) is 11.2. The van der Waals surface area contributed by atoms with Crippen molar-refractivity contribution in [3.8, 4) is 0 Å². The van der Waals surface area contributed by atoms with Crippen LogP contribution in [0.1, 0.15) is 17.7 Å². The Morgan fingerprint density at radius 3 is 1.64 bits per heavy atom. The maximum Gasteiger partial charge on any atom is 0 e. The van der Waals surface area contributed by atoms with Crippen LogP contribution < -0.4 is 15.9 Å². The van der Waals surface area contributed by atoms with E-state index in [-0.39, 0.29) is 17.1 Å². The molecule has 4 rings (SSSR count). The Morgan fingerprint density at radius 1 is 0.750 bits per heavy atom. The maximum atomic E-state index is 2.31. The van der Waals surface area contributed by atoms with Gasteiger partial charge in [-0.3, -0.25) is 0 Å². The van der Waals surface area contributed by atoms with Gasteiger partial charge >= 0.3 is 0 Å². The predicted octanol–water partition coefficient (Wildman–Crippen LogP) is 5.99. The topological polar surface area (TPSA) is 0 Å². The summed E-state index contributed by atoms with van der Waals surface area (Å²) in [6.07, 6.45) is 2.19. The smallest absolute Gasteiger partial charge is 0 e. The molecule has 0 nitrogen and oxygen atoms in total. The number of hydrogen-bond acceptors (Lipinski definition) is 1.